The molecule has 5 nitrogen and oxygen atoms in total. The van der Waals surface area contributed by atoms with Gasteiger partial charge in [0.25, 0.3) is 0 Å². The highest BCUT2D eigenvalue weighted by Crippen LogP contribution is 2.32. The number of nitrogens with zero attached hydrogens (tertiary/aromatic N) is 4. The predicted molar refractivity (Wildman–Crippen MR) is 87.8 cm³/mol. The largest absolute Gasteiger partial charge is 0.380 e. The normalized spacial score (nSPS) is 21.3. The Hall–Kier alpha value is -1.72. The van der Waals surface area contributed by atoms with E-state index in [4.69, 9.17) is 4.74 Å². The molecular formula is C18H24N4O. The number of aryl methyl sites for hydroxylation is 1. The summed E-state index contributed by atoms with van der Waals surface area (Å²) in [7, 11) is 2.04. The number of hydrogen-bond acceptors (Lipinski definition) is 4. The van der Waals surface area contributed by atoms with E-state index in [-0.39, 0.29) is 0 Å². The van der Waals surface area contributed by atoms with Crippen molar-refractivity contribution in [2.75, 3.05) is 19.8 Å². The monoisotopic (exact) mass is 312 g/mol. The van der Waals surface area contributed by atoms with Gasteiger partial charge < -0.3 is 4.74 Å². The molecule has 4 rings (SSSR count). The number of fused-ring (bicyclic) bond motifs is 1. The smallest absolute Gasteiger partial charge is 0.0557 e. The lowest BCUT2D eigenvalue weighted by Crippen LogP contribution is -2.35. The molecule has 0 N–H and O–H groups in total. The number of ether oxygens (including phenoxy) is 1. The lowest BCUT2D eigenvalue weighted by Gasteiger charge is -2.33. The molecule has 1 fully saturated rings. The van der Waals surface area contributed by atoms with Crippen LogP contribution in [0.3, 0.4) is 0 Å². The van der Waals surface area contributed by atoms with Gasteiger partial charge in [-0.3, -0.25) is 14.6 Å². The van der Waals surface area contributed by atoms with Gasteiger partial charge in [-0.25, -0.2) is 0 Å². The molecule has 2 aromatic rings. The Labute approximate surface area is 137 Å². The zero-order valence-corrected chi connectivity index (χ0v) is 13.7. The highest BCUT2D eigenvalue weighted by Gasteiger charge is 2.29. The third-order valence-corrected chi connectivity index (χ3v) is 4.91. The van der Waals surface area contributed by atoms with Gasteiger partial charge >= 0.3 is 0 Å². The standard InChI is InChI=1S/C18H24N4O/c1-21-18-11-22(9-14-4-6-19-7-5-14)10-16(17(18)8-20-21)13-23-12-15-2-3-15/h4-8,15-16H,2-3,9-13H2,1H3/t16-/m1/s1. The van der Waals surface area contributed by atoms with Crippen molar-refractivity contribution in [3.63, 3.8) is 0 Å². The Morgan fingerprint density at radius 3 is 2.83 bits per heavy atom. The molecule has 0 radical (unpaired) electrons. The minimum Gasteiger partial charge on any atom is -0.380 e. The van der Waals surface area contributed by atoms with Crippen molar-refractivity contribution in [1.82, 2.24) is 19.7 Å². The summed E-state index contributed by atoms with van der Waals surface area (Å²) in [5.41, 5.74) is 4.00. The summed E-state index contributed by atoms with van der Waals surface area (Å²) in [6, 6.07) is 4.19. The Morgan fingerprint density at radius 1 is 1.22 bits per heavy atom. The fraction of sp³-hybridized carbons (Fsp3) is 0.556. The minimum atomic E-state index is 0.424. The molecule has 0 amide bonds. The predicted octanol–water partition coefficient (Wildman–Crippen LogP) is 2.34. The van der Waals surface area contributed by atoms with Crippen molar-refractivity contribution in [2.24, 2.45) is 13.0 Å². The number of pyridine rings is 1. The van der Waals surface area contributed by atoms with Crippen molar-refractivity contribution < 1.29 is 4.74 Å². The molecular weight excluding hydrogens is 288 g/mol. The maximum atomic E-state index is 5.99. The fourth-order valence-corrected chi connectivity index (χ4v) is 3.37. The summed E-state index contributed by atoms with van der Waals surface area (Å²) >= 11 is 0. The quantitative estimate of drug-likeness (QED) is 0.821. The van der Waals surface area contributed by atoms with Crippen LogP contribution in [-0.4, -0.2) is 39.4 Å². The molecule has 2 aromatic heterocycles. The van der Waals surface area contributed by atoms with E-state index in [9.17, 15) is 0 Å². The van der Waals surface area contributed by atoms with Crippen LogP contribution in [0.4, 0.5) is 0 Å². The summed E-state index contributed by atoms with van der Waals surface area (Å²) in [5.74, 6) is 1.24. The van der Waals surface area contributed by atoms with Crippen LogP contribution in [0.25, 0.3) is 0 Å². The van der Waals surface area contributed by atoms with Gasteiger partial charge in [-0.15, -0.1) is 0 Å². The molecule has 2 aliphatic rings. The number of aromatic nitrogens is 3. The first kappa shape index (κ1) is 14.8. The molecule has 1 aliphatic carbocycles. The average molecular weight is 312 g/mol. The van der Waals surface area contributed by atoms with Crippen LogP contribution in [0, 0.1) is 5.92 Å². The maximum absolute atomic E-state index is 5.99. The highest BCUT2D eigenvalue weighted by molar-refractivity contribution is 5.26. The van der Waals surface area contributed by atoms with Gasteiger partial charge in [0.1, 0.15) is 0 Å². The van der Waals surface area contributed by atoms with Crippen LogP contribution in [0.1, 0.15) is 35.6 Å². The van der Waals surface area contributed by atoms with Gasteiger partial charge in [-0.05, 0) is 36.5 Å². The Kier molecular flexibility index (Phi) is 4.14. The van der Waals surface area contributed by atoms with E-state index in [1.54, 1.807) is 0 Å². The van der Waals surface area contributed by atoms with Crippen molar-refractivity contribution in [3.05, 3.63) is 47.5 Å². The van der Waals surface area contributed by atoms with Crippen LogP contribution in [0.2, 0.25) is 0 Å². The van der Waals surface area contributed by atoms with E-state index in [0.717, 1.165) is 38.8 Å². The van der Waals surface area contributed by atoms with Gasteiger partial charge in [-0.1, -0.05) is 0 Å². The van der Waals surface area contributed by atoms with Crippen LogP contribution >= 0.6 is 0 Å². The van der Waals surface area contributed by atoms with Crippen LogP contribution in [0.5, 0.6) is 0 Å². The summed E-state index contributed by atoms with van der Waals surface area (Å²) in [6.07, 6.45) is 8.45. The lowest BCUT2D eigenvalue weighted by atomic mass is 9.95. The summed E-state index contributed by atoms with van der Waals surface area (Å²) in [5, 5.41) is 4.47. The molecule has 0 saturated heterocycles. The minimum absolute atomic E-state index is 0.424. The molecule has 0 unspecified atom stereocenters. The molecule has 0 bridgehead atoms. The van der Waals surface area contributed by atoms with Crippen LogP contribution in [-0.2, 0) is 24.9 Å². The molecule has 1 atom stereocenters. The molecule has 0 spiro atoms. The third-order valence-electron chi connectivity index (χ3n) is 4.91. The van der Waals surface area contributed by atoms with Gasteiger partial charge in [-0.2, -0.15) is 5.10 Å². The topological polar surface area (TPSA) is 43.2 Å². The molecule has 0 aromatic carbocycles. The highest BCUT2D eigenvalue weighted by atomic mass is 16.5. The van der Waals surface area contributed by atoms with Crippen LogP contribution < -0.4 is 0 Å². The molecule has 1 saturated carbocycles. The zero-order chi connectivity index (χ0) is 15.6. The van der Waals surface area contributed by atoms with E-state index in [1.165, 1.54) is 29.7 Å². The average Bonchev–Trinajstić information content (AvgIpc) is 3.31. The molecule has 5 heteroatoms. The Balaban J connectivity index is 1.46. The SMILES string of the molecule is Cn1ncc2c1CN(Cc1ccncc1)C[C@@H]2COCC1CC1. The van der Waals surface area contributed by atoms with Crippen molar-refractivity contribution >= 4 is 0 Å². The van der Waals surface area contributed by atoms with Gasteiger partial charge in [0, 0.05) is 57.2 Å². The van der Waals surface area contributed by atoms with E-state index in [0.29, 0.717) is 5.92 Å². The van der Waals surface area contributed by atoms with E-state index in [1.807, 2.05) is 30.3 Å². The molecule has 122 valence electrons. The Bertz CT molecular complexity index is 650. The van der Waals surface area contributed by atoms with Gasteiger partial charge in [0.05, 0.1) is 18.5 Å². The second-order valence-electron chi connectivity index (χ2n) is 6.87. The van der Waals surface area contributed by atoms with Gasteiger partial charge in [0.2, 0.25) is 0 Å². The molecule has 1 aliphatic heterocycles. The van der Waals surface area contributed by atoms with Crippen molar-refractivity contribution in [2.45, 2.75) is 31.8 Å². The molecule has 23 heavy (non-hydrogen) atoms. The fourth-order valence-electron chi connectivity index (χ4n) is 3.37. The van der Waals surface area contributed by atoms with Gasteiger partial charge in [0.15, 0.2) is 0 Å². The van der Waals surface area contributed by atoms with Crippen molar-refractivity contribution in [3.8, 4) is 0 Å². The van der Waals surface area contributed by atoms with E-state index >= 15 is 0 Å². The first-order chi connectivity index (χ1) is 11.3. The lowest BCUT2D eigenvalue weighted by molar-refractivity contribution is 0.0885. The van der Waals surface area contributed by atoms with Crippen LogP contribution in [0.15, 0.2) is 30.7 Å². The third kappa shape index (κ3) is 3.46. The number of rotatable bonds is 6. The van der Waals surface area contributed by atoms with Crippen molar-refractivity contribution in [1.29, 1.82) is 0 Å². The maximum Gasteiger partial charge on any atom is 0.0557 e. The summed E-state index contributed by atoms with van der Waals surface area (Å²) in [4.78, 5) is 6.60. The zero-order valence-electron chi connectivity index (χ0n) is 13.7. The first-order valence-corrected chi connectivity index (χ1v) is 8.49. The van der Waals surface area contributed by atoms with E-state index in [2.05, 4.69) is 27.1 Å². The number of hydrogen-bond donors (Lipinski definition) is 0. The Morgan fingerprint density at radius 2 is 2.04 bits per heavy atom. The van der Waals surface area contributed by atoms with E-state index < -0.39 is 0 Å². The first-order valence-electron chi connectivity index (χ1n) is 8.49. The second kappa shape index (κ2) is 6.42. The molecule has 3 heterocycles. The summed E-state index contributed by atoms with van der Waals surface area (Å²) < 4.78 is 8.00. The second-order valence-corrected chi connectivity index (χ2v) is 6.87. The summed E-state index contributed by atoms with van der Waals surface area (Å²) in [6.45, 7) is 4.67.